The molecule has 1 unspecified atom stereocenters. The van der Waals surface area contributed by atoms with E-state index in [1.54, 1.807) is 7.11 Å². The van der Waals surface area contributed by atoms with Crippen molar-refractivity contribution in [2.45, 2.75) is 19.9 Å². The lowest BCUT2D eigenvalue weighted by molar-refractivity contribution is 0.416. The van der Waals surface area contributed by atoms with E-state index in [9.17, 15) is 0 Å². The minimum Gasteiger partial charge on any atom is -0.495 e. The second-order valence-electron chi connectivity index (χ2n) is 3.16. The van der Waals surface area contributed by atoms with Crippen molar-refractivity contribution in [1.82, 2.24) is 0 Å². The third-order valence-corrected chi connectivity index (χ3v) is 1.97. The van der Waals surface area contributed by atoms with Gasteiger partial charge in [-0.05, 0) is 26.0 Å². The lowest BCUT2D eigenvalue weighted by atomic mass is 10.2. The van der Waals surface area contributed by atoms with Gasteiger partial charge in [0.05, 0.1) is 12.8 Å². The van der Waals surface area contributed by atoms with Crippen molar-refractivity contribution in [3.05, 3.63) is 36.4 Å². The molecule has 1 aromatic carbocycles. The Bertz CT molecular complexity index is 307. The van der Waals surface area contributed by atoms with Crippen LogP contribution >= 0.6 is 0 Å². The molecular weight excluding hydrogens is 174 g/mol. The molecule has 0 heterocycles. The number of hydrogen-bond acceptors (Lipinski definition) is 2. The molecule has 2 nitrogen and oxygen atoms in total. The molecule has 0 bridgehead atoms. The molecule has 1 aromatic rings. The maximum absolute atomic E-state index is 5.24. The summed E-state index contributed by atoms with van der Waals surface area (Å²) in [6, 6.07) is 8.23. The summed E-state index contributed by atoms with van der Waals surface area (Å²) in [6.07, 6.45) is 4.14. The van der Waals surface area contributed by atoms with Crippen molar-refractivity contribution in [2.75, 3.05) is 12.4 Å². The summed E-state index contributed by atoms with van der Waals surface area (Å²) in [5.41, 5.74) is 1.03. The smallest absolute Gasteiger partial charge is 0.141 e. The molecule has 0 radical (unpaired) electrons. The van der Waals surface area contributed by atoms with E-state index in [1.165, 1.54) is 0 Å². The Labute approximate surface area is 85.6 Å². The molecule has 0 aliphatic heterocycles. The summed E-state index contributed by atoms with van der Waals surface area (Å²) in [4.78, 5) is 0. The minimum atomic E-state index is 0.316. The molecule has 0 fully saturated rings. The van der Waals surface area contributed by atoms with E-state index in [4.69, 9.17) is 4.74 Å². The second kappa shape index (κ2) is 5.32. The number of hydrogen-bond donors (Lipinski definition) is 1. The number of rotatable bonds is 4. The average Bonchev–Trinajstić information content (AvgIpc) is 2.19. The third-order valence-electron chi connectivity index (χ3n) is 1.97. The zero-order valence-electron chi connectivity index (χ0n) is 8.95. The van der Waals surface area contributed by atoms with Gasteiger partial charge in [-0.1, -0.05) is 24.3 Å². The average molecular weight is 191 g/mol. The zero-order chi connectivity index (χ0) is 10.4. The van der Waals surface area contributed by atoms with Gasteiger partial charge in [0.15, 0.2) is 0 Å². The molecule has 0 saturated heterocycles. The van der Waals surface area contributed by atoms with E-state index >= 15 is 0 Å². The molecule has 1 atom stereocenters. The highest BCUT2D eigenvalue weighted by Gasteiger charge is 2.02. The molecule has 2 heteroatoms. The van der Waals surface area contributed by atoms with Crippen LogP contribution in [0.3, 0.4) is 0 Å². The highest BCUT2D eigenvalue weighted by molar-refractivity contribution is 5.57. The molecule has 0 aromatic heterocycles. The number of benzene rings is 1. The second-order valence-corrected chi connectivity index (χ2v) is 3.16. The summed E-state index contributed by atoms with van der Waals surface area (Å²) < 4.78 is 5.24. The molecule has 1 N–H and O–H groups in total. The van der Waals surface area contributed by atoms with E-state index < -0.39 is 0 Å². The van der Waals surface area contributed by atoms with Crippen LogP contribution in [0, 0.1) is 0 Å². The summed E-state index contributed by atoms with van der Waals surface area (Å²) in [5, 5.41) is 3.35. The molecule has 0 aliphatic carbocycles. The van der Waals surface area contributed by atoms with Gasteiger partial charge in [0.1, 0.15) is 5.75 Å². The van der Waals surface area contributed by atoms with Crippen LogP contribution in [0.2, 0.25) is 0 Å². The largest absolute Gasteiger partial charge is 0.495 e. The van der Waals surface area contributed by atoms with Crippen LogP contribution in [0.5, 0.6) is 5.75 Å². The number of para-hydroxylation sites is 2. The molecule has 1 rings (SSSR count). The van der Waals surface area contributed by atoms with Crippen molar-refractivity contribution in [3.63, 3.8) is 0 Å². The Morgan fingerprint density at radius 3 is 2.71 bits per heavy atom. The van der Waals surface area contributed by atoms with Crippen LogP contribution in [0.4, 0.5) is 5.69 Å². The van der Waals surface area contributed by atoms with Crippen LogP contribution in [-0.2, 0) is 0 Å². The summed E-state index contributed by atoms with van der Waals surface area (Å²) in [6.45, 7) is 4.12. The van der Waals surface area contributed by atoms with E-state index in [-0.39, 0.29) is 0 Å². The van der Waals surface area contributed by atoms with Crippen molar-refractivity contribution in [1.29, 1.82) is 0 Å². The van der Waals surface area contributed by atoms with Crippen LogP contribution in [0.15, 0.2) is 36.4 Å². The first-order valence-electron chi connectivity index (χ1n) is 4.80. The van der Waals surface area contributed by atoms with Crippen LogP contribution in [0.1, 0.15) is 13.8 Å². The first-order valence-corrected chi connectivity index (χ1v) is 4.80. The summed E-state index contributed by atoms with van der Waals surface area (Å²) in [7, 11) is 1.68. The fraction of sp³-hybridized carbons (Fsp3) is 0.333. The maximum atomic E-state index is 5.24. The van der Waals surface area contributed by atoms with Crippen molar-refractivity contribution in [3.8, 4) is 5.75 Å². The van der Waals surface area contributed by atoms with Crippen molar-refractivity contribution in [2.24, 2.45) is 0 Å². The van der Waals surface area contributed by atoms with E-state index in [2.05, 4.69) is 18.3 Å². The monoisotopic (exact) mass is 191 g/mol. The first-order chi connectivity index (χ1) is 6.77. The molecule has 0 amide bonds. The lowest BCUT2D eigenvalue weighted by Crippen LogP contribution is -2.12. The highest BCUT2D eigenvalue weighted by Crippen LogP contribution is 2.23. The molecular formula is C12H17NO. The predicted octanol–water partition coefficient (Wildman–Crippen LogP) is 3.07. The topological polar surface area (TPSA) is 21.3 Å². The molecule has 14 heavy (non-hydrogen) atoms. The number of nitrogens with one attached hydrogen (secondary N) is 1. The minimum absolute atomic E-state index is 0.316. The van der Waals surface area contributed by atoms with Gasteiger partial charge in [-0.3, -0.25) is 0 Å². The fourth-order valence-electron chi connectivity index (χ4n) is 1.35. The molecule has 76 valence electrons. The Hall–Kier alpha value is -1.44. The third kappa shape index (κ3) is 2.80. The van der Waals surface area contributed by atoms with Crippen molar-refractivity contribution >= 4 is 5.69 Å². The van der Waals surface area contributed by atoms with Gasteiger partial charge in [0, 0.05) is 6.04 Å². The SMILES string of the molecule is C/C=C/C(C)Nc1ccccc1OC. The Kier molecular flexibility index (Phi) is 4.05. The summed E-state index contributed by atoms with van der Waals surface area (Å²) in [5.74, 6) is 0.879. The number of anilines is 1. The van der Waals surface area contributed by atoms with Crippen LogP contribution in [-0.4, -0.2) is 13.2 Å². The molecule has 0 aliphatic rings. The summed E-state index contributed by atoms with van der Waals surface area (Å²) >= 11 is 0. The first kappa shape index (κ1) is 10.6. The van der Waals surface area contributed by atoms with Gasteiger partial charge in [-0.15, -0.1) is 0 Å². The molecule has 0 spiro atoms. The van der Waals surface area contributed by atoms with Crippen LogP contribution < -0.4 is 10.1 Å². The number of allylic oxidation sites excluding steroid dienone is 1. The number of ether oxygens (including phenoxy) is 1. The van der Waals surface area contributed by atoms with Crippen LogP contribution in [0.25, 0.3) is 0 Å². The van der Waals surface area contributed by atoms with E-state index in [0.29, 0.717) is 6.04 Å². The Balaban J connectivity index is 2.75. The fourth-order valence-corrected chi connectivity index (χ4v) is 1.35. The lowest BCUT2D eigenvalue weighted by Gasteiger charge is -2.14. The normalized spacial score (nSPS) is 12.8. The van der Waals surface area contributed by atoms with Crippen molar-refractivity contribution < 1.29 is 4.74 Å². The van der Waals surface area contributed by atoms with Gasteiger partial charge in [0.2, 0.25) is 0 Å². The van der Waals surface area contributed by atoms with Gasteiger partial charge < -0.3 is 10.1 Å². The van der Waals surface area contributed by atoms with Gasteiger partial charge in [-0.2, -0.15) is 0 Å². The Morgan fingerprint density at radius 2 is 2.07 bits per heavy atom. The van der Waals surface area contributed by atoms with E-state index in [1.807, 2.05) is 37.3 Å². The maximum Gasteiger partial charge on any atom is 0.141 e. The van der Waals surface area contributed by atoms with Gasteiger partial charge >= 0.3 is 0 Å². The molecule has 0 saturated carbocycles. The van der Waals surface area contributed by atoms with Gasteiger partial charge in [-0.25, -0.2) is 0 Å². The zero-order valence-corrected chi connectivity index (χ0v) is 8.95. The standard InChI is InChI=1S/C12H17NO/c1-4-7-10(2)13-11-8-5-6-9-12(11)14-3/h4-10,13H,1-3H3/b7-4+. The Morgan fingerprint density at radius 1 is 1.36 bits per heavy atom. The van der Waals surface area contributed by atoms with Gasteiger partial charge in [0.25, 0.3) is 0 Å². The van der Waals surface area contributed by atoms with E-state index in [0.717, 1.165) is 11.4 Å². The quantitative estimate of drug-likeness (QED) is 0.738. The number of methoxy groups -OCH3 is 1. The highest BCUT2D eigenvalue weighted by atomic mass is 16.5. The predicted molar refractivity (Wildman–Crippen MR) is 60.9 cm³/mol.